The number of nitrogens with zero attached hydrogens (tertiary/aromatic N) is 4. The van der Waals surface area contributed by atoms with Crippen LogP contribution in [-0.4, -0.2) is 82.6 Å². The Hall–Kier alpha value is -5.21. The van der Waals surface area contributed by atoms with Crippen LogP contribution in [0.1, 0.15) is 32.8 Å². The van der Waals surface area contributed by atoms with E-state index < -0.39 is 35.8 Å². The summed E-state index contributed by atoms with van der Waals surface area (Å²) in [5.74, 6) is -0.829. The Labute approximate surface area is 251 Å². The Morgan fingerprint density at radius 1 is 1.11 bits per heavy atom. The molecule has 4 amide bonds. The van der Waals surface area contributed by atoms with Crippen LogP contribution in [0.25, 0.3) is 21.9 Å². The van der Waals surface area contributed by atoms with Gasteiger partial charge in [0.05, 0.1) is 25.2 Å². The maximum atomic E-state index is 16.3. The standard InChI is InChI=1S/C29H31FN6O8/c1-14-18(11-32-25-24(14)36(28(40)41)6-7-42-25)17-8-15-9-20(33-26(38)43-16-10-21(37)35(5)13-16)31-12-19(15)23(22(17)30)34-27(39)44-29(2,3)4/h8-9,11-12,16H,6-7,10,13H2,1-5H3,(H,34,39)(H,40,41)(H,31,33,38). The molecule has 5 rings (SSSR count). The first-order valence-corrected chi connectivity index (χ1v) is 13.7. The van der Waals surface area contributed by atoms with Gasteiger partial charge in [0, 0.05) is 36.0 Å². The number of benzene rings is 1. The Kier molecular flexibility index (Phi) is 7.88. The van der Waals surface area contributed by atoms with Crippen molar-refractivity contribution in [3.63, 3.8) is 0 Å². The maximum absolute atomic E-state index is 16.3. The molecule has 2 aliphatic heterocycles. The number of hydrogen-bond acceptors (Lipinski definition) is 9. The quantitative estimate of drug-likeness (QED) is 0.374. The number of likely N-dealkylation sites (N-methyl/N-ethyl adjacent to an activating group) is 1. The molecule has 0 bridgehead atoms. The molecule has 2 aliphatic rings. The SMILES string of the molecule is Cc1c(-c2cc3cc(NC(=O)OC4CC(=O)N(C)C4)ncc3c(NC(=O)OC(C)(C)C)c2F)cnc2c1N(C(=O)O)CCO2. The van der Waals surface area contributed by atoms with Gasteiger partial charge in [-0.3, -0.25) is 20.3 Å². The highest BCUT2D eigenvalue weighted by atomic mass is 19.1. The van der Waals surface area contributed by atoms with Gasteiger partial charge in [0.1, 0.15) is 29.8 Å². The van der Waals surface area contributed by atoms with Crippen LogP contribution in [0.5, 0.6) is 5.88 Å². The van der Waals surface area contributed by atoms with E-state index in [9.17, 15) is 24.3 Å². The zero-order chi connectivity index (χ0) is 31.9. The lowest BCUT2D eigenvalue weighted by molar-refractivity contribution is -0.126. The van der Waals surface area contributed by atoms with Crippen LogP contribution in [-0.2, 0) is 14.3 Å². The number of hydrogen-bond donors (Lipinski definition) is 3. The molecule has 3 N–H and O–H groups in total. The monoisotopic (exact) mass is 610 g/mol. The minimum atomic E-state index is -1.22. The number of carbonyl (C=O) groups excluding carboxylic acids is 3. The minimum absolute atomic E-state index is 0.0143. The number of ether oxygens (including phenoxy) is 3. The number of nitrogens with one attached hydrogen (secondary N) is 2. The van der Waals surface area contributed by atoms with Crippen LogP contribution in [0.2, 0.25) is 0 Å². The van der Waals surface area contributed by atoms with Crippen molar-refractivity contribution in [1.29, 1.82) is 0 Å². The molecule has 1 atom stereocenters. The number of aromatic nitrogens is 2. The van der Waals surface area contributed by atoms with E-state index in [1.54, 1.807) is 34.7 Å². The summed E-state index contributed by atoms with van der Waals surface area (Å²) in [6.07, 6.45) is -0.883. The molecule has 1 unspecified atom stereocenters. The Balaban J connectivity index is 1.57. The molecular formula is C29H31FN6O8. The second-order valence-corrected chi connectivity index (χ2v) is 11.4. The predicted octanol–water partition coefficient (Wildman–Crippen LogP) is 4.75. The third-order valence-electron chi connectivity index (χ3n) is 7.01. The first-order chi connectivity index (χ1) is 20.7. The van der Waals surface area contributed by atoms with Crippen LogP contribution >= 0.6 is 0 Å². The molecule has 15 heteroatoms. The number of fused-ring (bicyclic) bond motifs is 2. The van der Waals surface area contributed by atoms with Gasteiger partial charge in [-0.2, -0.15) is 0 Å². The van der Waals surface area contributed by atoms with Crippen molar-refractivity contribution in [2.75, 3.05) is 42.3 Å². The zero-order valence-electron chi connectivity index (χ0n) is 24.7. The zero-order valence-corrected chi connectivity index (χ0v) is 24.7. The van der Waals surface area contributed by atoms with Crippen LogP contribution in [0.4, 0.5) is 36.0 Å². The van der Waals surface area contributed by atoms with Crippen LogP contribution in [0, 0.1) is 12.7 Å². The fourth-order valence-corrected chi connectivity index (χ4v) is 5.05. The highest BCUT2D eigenvalue weighted by molar-refractivity contribution is 6.05. The predicted molar refractivity (Wildman–Crippen MR) is 157 cm³/mol. The van der Waals surface area contributed by atoms with Gasteiger partial charge >= 0.3 is 18.3 Å². The molecule has 44 heavy (non-hydrogen) atoms. The first kappa shape index (κ1) is 30.3. The van der Waals surface area contributed by atoms with E-state index in [0.29, 0.717) is 10.9 Å². The Morgan fingerprint density at radius 2 is 1.86 bits per heavy atom. The number of anilines is 3. The number of carbonyl (C=O) groups is 4. The second kappa shape index (κ2) is 11.5. The largest absolute Gasteiger partial charge is 0.474 e. The van der Waals surface area contributed by atoms with Crippen LogP contribution < -0.4 is 20.3 Å². The van der Waals surface area contributed by atoms with E-state index in [1.165, 1.54) is 29.4 Å². The van der Waals surface area contributed by atoms with Gasteiger partial charge in [-0.15, -0.1) is 0 Å². The van der Waals surface area contributed by atoms with Gasteiger partial charge in [0.2, 0.25) is 11.8 Å². The Bertz CT molecular complexity index is 1690. The fraction of sp³-hybridized carbons (Fsp3) is 0.379. The van der Waals surface area contributed by atoms with Gasteiger partial charge < -0.3 is 24.2 Å². The fourth-order valence-electron chi connectivity index (χ4n) is 5.05. The molecule has 3 aromatic rings. The third-order valence-corrected chi connectivity index (χ3v) is 7.01. The van der Waals surface area contributed by atoms with Crippen molar-refractivity contribution < 1.29 is 42.9 Å². The molecule has 0 aliphatic carbocycles. The molecule has 2 aromatic heterocycles. The van der Waals surface area contributed by atoms with Gasteiger partial charge in [-0.1, -0.05) is 0 Å². The smallest absolute Gasteiger partial charge is 0.413 e. The lowest BCUT2D eigenvalue weighted by atomic mass is 9.96. The number of carboxylic acid groups (broad SMARTS) is 1. The highest BCUT2D eigenvalue weighted by Gasteiger charge is 2.31. The number of likely N-dealkylation sites (tertiary alicyclic amines) is 1. The van der Waals surface area contributed by atoms with E-state index in [4.69, 9.17) is 14.2 Å². The third kappa shape index (κ3) is 6.11. The van der Waals surface area contributed by atoms with Crippen molar-refractivity contribution in [2.24, 2.45) is 0 Å². The molecule has 0 spiro atoms. The van der Waals surface area contributed by atoms with Crippen molar-refractivity contribution in [3.8, 4) is 17.0 Å². The summed E-state index contributed by atoms with van der Waals surface area (Å²) >= 11 is 0. The lowest BCUT2D eigenvalue weighted by Crippen LogP contribution is -2.37. The summed E-state index contributed by atoms with van der Waals surface area (Å²) in [6.45, 7) is 7.03. The number of pyridine rings is 2. The number of halogens is 1. The Morgan fingerprint density at radius 3 is 2.52 bits per heavy atom. The van der Waals surface area contributed by atoms with Crippen LogP contribution in [0.15, 0.2) is 24.5 Å². The van der Waals surface area contributed by atoms with Gasteiger partial charge in [0.25, 0.3) is 0 Å². The van der Waals surface area contributed by atoms with Crippen molar-refractivity contribution in [2.45, 2.75) is 45.8 Å². The van der Waals surface area contributed by atoms with Crippen molar-refractivity contribution in [1.82, 2.24) is 14.9 Å². The van der Waals surface area contributed by atoms with E-state index in [0.717, 1.165) is 4.90 Å². The van der Waals surface area contributed by atoms with E-state index >= 15 is 4.39 Å². The van der Waals surface area contributed by atoms with Crippen LogP contribution in [0.3, 0.4) is 0 Å². The van der Waals surface area contributed by atoms with Gasteiger partial charge in [-0.05, 0) is 50.8 Å². The summed E-state index contributed by atoms with van der Waals surface area (Å²) in [6, 6.07) is 2.93. The molecule has 0 radical (unpaired) electrons. The second-order valence-electron chi connectivity index (χ2n) is 11.4. The van der Waals surface area contributed by atoms with Gasteiger partial charge in [0.15, 0.2) is 5.82 Å². The van der Waals surface area contributed by atoms with Crippen molar-refractivity contribution >= 4 is 52.2 Å². The van der Waals surface area contributed by atoms with E-state index in [2.05, 4.69) is 20.6 Å². The first-order valence-electron chi connectivity index (χ1n) is 13.7. The maximum Gasteiger partial charge on any atom is 0.413 e. The number of rotatable bonds is 4. The normalized spacial score (nSPS) is 16.3. The molecule has 232 valence electrons. The van der Waals surface area contributed by atoms with E-state index in [-0.39, 0.29) is 71.6 Å². The summed E-state index contributed by atoms with van der Waals surface area (Å²) in [4.78, 5) is 60.0. The number of amides is 4. The summed E-state index contributed by atoms with van der Waals surface area (Å²) in [5, 5.41) is 15.3. The van der Waals surface area contributed by atoms with E-state index in [1.807, 2.05) is 0 Å². The molecule has 14 nitrogen and oxygen atoms in total. The summed E-state index contributed by atoms with van der Waals surface area (Å²) < 4.78 is 32.6. The molecule has 1 aromatic carbocycles. The molecule has 0 saturated carbocycles. The summed E-state index contributed by atoms with van der Waals surface area (Å²) in [7, 11) is 1.61. The highest BCUT2D eigenvalue weighted by Crippen LogP contribution is 2.42. The molecular weight excluding hydrogens is 579 g/mol. The molecule has 1 saturated heterocycles. The summed E-state index contributed by atoms with van der Waals surface area (Å²) in [5.41, 5.74) is -0.331. The molecule has 1 fully saturated rings. The minimum Gasteiger partial charge on any atom is -0.474 e. The van der Waals surface area contributed by atoms with Crippen molar-refractivity contribution in [3.05, 3.63) is 35.9 Å². The topological polar surface area (TPSA) is 173 Å². The molecule has 4 heterocycles. The van der Waals surface area contributed by atoms with Gasteiger partial charge in [-0.25, -0.2) is 28.7 Å². The average Bonchev–Trinajstić information content (AvgIpc) is 3.24. The lowest BCUT2D eigenvalue weighted by Gasteiger charge is -2.29. The average molecular weight is 611 g/mol.